The average molecular weight is 569 g/mol. The Morgan fingerprint density at radius 2 is 1.71 bits per heavy atom. The summed E-state index contributed by atoms with van der Waals surface area (Å²) in [6.45, 7) is 17.5. The monoisotopic (exact) mass is 568 g/mol. The van der Waals surface area contributed by atoms with Crippen LogP contribution in [0.4, 0.5) is 0 Å². The topological polar surface area (TPSA) is 107 Å². The van der Waals surface area contributed by atoms with Crippen molar-refractivity contribution in [3.8, 4) is 0 Å². The molecule has 0 aromatic rings. The molecule has 4 aliphatic rings. The van der Waals surface area contributed by atoms with Crippen molar-refractivity contribution in [2.75, 3.05) is 0 Å². The number of aliphatic carboxylic acids is 1. The van der Waals surface area contributed by atoms with Crippen molar-refractivity contribution in [2.24, 2.45) is 39.4 Å². The highest BCUT2D eigenvalue weighted by Crippen LogP contribution is 2.72. The lowest BCUT2D eigenvalue weighted by atomic mass is 9.44. The van der Waals surface area contributed by atoms with Gasteiger partial charge in [0.05, 0.1) is 0 Å². The minimum Gasteiger partial charge on any atom is -0.478 e. The number of allylic oxidation sites excluding steroid dienone is 3. The summed E-state index contributed by atoms with van der Waals surface area (Å²) < 4.78 is 11.9. The van der Waals surface area contributed by atoms with E-state index in [-0.39, 0.29) is 46.2 Å². The molecule has 2 saturated carbocycles. The van der Waals surface area contributed by atoms with Crippen molar-refractivity contribution in [3.63, 3.8) is 0 Å². The number of hydrogen-bond donors (Lipinski definition) is 1. The van der Waals surface area contributed by atoms with Crippen molar-refractivity contribution in [1.82, 2.24) is 0 Å². The number of esters is 2. The highest BCUT2D eigenvalue weighted by Gasteiger charge is 2.68. The van der Waals surface area contributed by atoms with Gasteiger partial charge in [-0.3, -0.25) is 14.4 Å². The highest BCUT2D eigenvalue weighted by molar-refractivity contribution is 5.86. The van der Waals surface area contributed by atoms with Crippen LogP contribution in [0.3, 0.4) is 0 Å². The maximum Gasteiger partial charge on any atom is 0.330 e. The van der Waals surface area contributed by atoms with E-state index in [0.717, 1.165) is 19.3 Å². The fraction of sp³-hybridized carbons (Fsp3) is 0.706. The summed E-state index contributed by atoms with van der Waals surface area (Å²) in [6, 6.07) is 0. The third-order valence-electron chi connectivity index (χ3n) is 11.9. The van der Waals surface area contributed by atoms with Gasteiger partial charge in [-0.1, -0.05) is 59.8 Å². The SMILES string of the molecule is CC(=O)O[C@@H](C/C=C(\C)C(=O)O)[C@@H](C)[C@H]1C[C@H](OC(C)=O)[C@@]2(C)C3=CC[C@H]4C(C)(C)C(=O)CC[C@]4(C)C3=CC[C@]12C. The van der Waals surface area contributed by atoms with Crippen LogP contribution in [0.15, 0.2) is 34.9 Å². The van der Waals surface area contributed by atoms with Gasteiger partial charge in [-0.2, -0.15) is 0 Å². The zero-order valence-electron chi connectivity index (χ0n) is 26.3. The van der Waals surface area contributed by atoms with Crippen LogP contribution in [-0.4, -0.2) is 41.0 Å². The normalized spacial score (nSPS) is 37.4. The van der Waals surface area contributed by atoms with Crippen molar-refractivity contribution >= 4 is 23.7 Å². The Morgan fingerprint density at radius 3 is 2.29 bits per heavy atom. The molecule has 0 radical (unpaired) electrons. The number of carboxylic acid groups (broad SMARTS) is 1. The summed E-state index contributed by atoms with van der Waals surface area (Å²) in [5.41, 5.74) is 1.42. The van der Waals surface area contributed by atoms with Gasteiger partial charge >= 0.3 is 17.9 Å². The van der Waals surface area contributed by atoms with Crippen LogP contribution in [0.2, 0.25) is 0 Å². The molecule has 41 heavy (non-hydrogen) atoms. The Bertz CT molecular complexity index is 1240. The first kappa shape index (κ1) is 31.2. The summed E-state index contributed by atoms with van der Waals surface area (Å²) in [6.07, 6.45) is 9.34. The molecule has 226 valence electrons. The van der Waals surface area contributed by atoms with Gasteiger partial charge in [0.1, 0.15) is 18.0 Å². The van der Waals surface area contributed by atoms with Crippen molar-refractivity contribution in [1.29, 1.82) is 0 Å². The molecule has 0 unspecified atom stereocenters. The van der Waals surface area contributed by atoms with E-state index < -0.39 is 28.9 Å². The standard InChI is InChI=1S/C34H48O7/c1-19(30(38)39)10-12-26(40-21(3)35)20(2)25-18-29(41-22(4)36)34(9)24-11-13-27-31(5,6)28(37)15-16-32(27,7)23(24)14-17-33(25,34)8/h10-11,14,20,25-27,29H,12-13,15-18H2,1-9H3,(H,38,39)/b19-10+/t20-,25+,26-,27-,29-,32+,33+,34+/m0/s1. The minimum absolute atomic E-state index is 0.0355. The summed E-state index contributed by atoms with van der Waals surface area (Å²) in [5, 5.41) is 9.38. The molecular weight excluding hydrogens is 520 g/mol. The van der Waals surface area contributed by atoms with E-state index in [4.69, 9.17) is 9.47 Å². The molecule has 0 heterocycles. The Hall–Kier alpha value is -2.70. The van der Waals surface area contributed by atoms with E-state index in [2.05, 4.69) is 53.7 Å². The van der Waals surface area contributed by atoms with Crippen LogP contribution in [0.1, 0.15) is 101 Å². The molecule has 0 aromatic heterocycles. The van der Waals surface area contributed by atoms with Gasteiger partial charge in [-0.05, 0) is 72.3 Å². The van der Waals surface area contributed by atoms with Crippen LogP contribution < -0.4 is 0 Å². The van der Waals surface area contributed by atoms with Crippen LogP contribution in [0.25, 0.3) is 0 Å². The number of ketones is 1. The number of fused-ring (bicyclic) bond motifs is 5. The number of carbonyl (C=O) groups is 4. The first-order valence-corrected chi connectivity index (χ1v) is 15.1. The third kappa shape index (κ3) is 4.81. The molecule has 4 rings (SSSR count). The molecule has 2 fully saturated rings. The van der Waals surface area contributed by atoms with Crippen LogP contribution in [0, 0.1) is 39.4 Å². The number of Topliss-reactive ketones (excluding diaryl/α,β-unsaturated/α-hetero) is 1. The Kier molecular flexibility index (Phi) is 8.03. The molecule has 0 aromatic carbocycles. The zero-order chi connectivity index (χ0) is 30.7. The van der Waals surface area contributed by atoms with Gasteiger partial charge in [0.2, 0.25) is 0 Å². The fourth-order valence-electron chi connectivity index (χ4n) is 9.25. The summed E-state index contributed by atoms with van der Waals surface area (Å²) in [4.78, 5) is 49.0. The predicted octanol–water partition coefficient (Wildman–Crippen LogP) is 6.61. The van der Waals surface area contributed by atoms with Crippen LogP contribution in [-0.2, 0) is 28.7 Å². The van der Waals surface area contributed by atoms with Gasteiger partial charge in [0.25, 0.3) is 0 Å². The molecule has 1 N–H and O–H groups in total. The number of ether oxygens (including phenoxy) is 2. The Morgan fingerprint density at radius 1 is 1.05 bits per heavy atom. The Labute approximate surface area is 244 Å². The maximum absolute atomic E-state index is 13.0. The van der Waals surface area contributed by atoms with Crippen molar-refractivity contribution in [2.45, 2.75) is 113 Å². The second-order valence-corrected chi connectivity index (χ2v) is 14.3. The lowest BCUT2D eigenvalue weighted by Gasteiger charge is -2.60. The maximum atomic E-state index is 13.0. The van der Waals surface area contributed by atoms with E-state index >= 15 is 0 Å². The van der Waals surface area contributed by atoms with Gasteiger partial charge < -0.3 is 14.6 Å². The first-order valence-electron chi connectivity index (χ1n) is 15.1. The van der Waals surface area contributed by atoms with E-state index in [9.17, 15) is 24.3 Å². The molecule has 4 aliphatic carbocycles. The van der Waals surface area contributed by atoms with E-state index in [1.807, 2.05) is 0 Å². The van der Waals surface area contributed by atoms with E-state index in [0.29, 0.717) is 25.0 Å². The number of rotatable bonds is 7. The van der Waals surface area contributed by atoms with Crippen LogP contribution in [0.5, 0.6) is 0 Å². The van der Waals surface area contributed by atoms with Gasteiger partial charge in [0, 0.05) is 43.1 Å². The molecule has 0 aliphatic heterocycles. The molecule has 7 nitrogen and oxygen atoms in total. The molecule has 0 spiro atoms. The third-order valence-corrected chi connectivity index (χ3v) is 11.9. The summed E-state index contributed by atoms with van der Waals surface area (Å²) in [5.74, 6) is -1.25. The number of hydrogen-bond acceptors (Lipinski definition) is 6. The smallest absolute Gasteiger partial charge is 0.330 e. The summed E-state index contributed by atoms with van der Waals surface area (Å²) >= 11 is 0. The molecule has 7 heteroatoms. The second-order valence-electron chi connectivity index (χ2n) is 14.3. The number of carbonyl (C=O) groups excluding carboxylic acids is 3. The lowest BCUT2D eigenvalue weighted by Crippen LogP contribution is -2.55. The average Bonchev–Trinajstić information content (AvgIpc) is 3.10. The molecular formula is C34H48O7. The lowest BCUT2D eigenvalue weighted by molar-refractivity contribution is -0.153. The predicted molar refractivity (Wildman–Crippen MR) is 156 cm³/mol. The Balaban J connectivity index is 1.79. The molecule has 8 atom stereocenters. The molecule has 0 bridgehead atoms. The van der Waals surface area contributed by atoms with E-state index in [1.54, 1.807) is 13.0 Å². The van der Waals surface area contributed by atoms with Crippen molar-refractivity contribution in [3.05, 3.63) is 34.9 Å². The minimum atomic E-state index is -0.997. The highest BCUT2D eigenvalue weighted by atomic mass is 16.5. The van der Waals surface area contributed by atoms with Gasteiger partial charge in [0.15, 0.2) is 0 Å². The first-order chi connectivity index (χ1) is 18.9. The summed E-state index contributed by atoms with van der Waals surface area (Å²) in [7, 11) is 0. The molecule has 0 saturated heterocycles. The largest absolute Gasteiger partial charge is 0.478 e. The zero-order valence-corrected chi connectivity index (χ0v) is 26.3. The van der Waals surface area contributed by atoms with Crippen molar-refractivity contribution < 1.29 is 33.8 Å². The number of carboxylic acids is 1. The quantitative estimate of drug-likeness (QED) is 0.272. The molecule has 0 amide bonds. The van der Waals surface area contributed by atoms with E-state index in [1.165, 1.54) is 25.0 Å². The van der Waals surface area contributed by atoms with Gasteiger partial charge in [-0.15, -0.1) is 0 Å². The second kappa shape index (κ2) is 10.5. The van der Waals surface area contributed by atoms with Gasteiger partial charge in [-0.25, -0.2) is 4.79 Å². The van der Waals surface area contributed by atoms with Crippen LogP contribution >= 0.6 is 0 Å². The fourth-order valence-corrected chi connectivity index (χ4v) is 9.25.